The first-order chi connectivity index (χ1) is 17.9. The van der Waals surface area contributed by atoms with Gasteiger partial charge in [-0.2, -0.15) is 0 Å². The van der Waals surface area contributed by atoms with Gasteiger partial charge in [-0.25, -0.2) is 14.4 Å². The molecule has 5 rings (SSSR count). The first kappa shape index (κ1) is 24.9. The Morgan fingerprint density at radius 3 is 2.78 bits per heavy atom. The van der Waals surface area contributed by atoms with Crippen LogP contribution in [0.2, 0.25) is 5.02 Å². The summed E-state index contributed by atoms with van der Waals surface area (Å²) < 4.78 is 13.7. The molecule has 0 saturated carbocycles. The van der Waals surface area contributed by atoms with Crippen molar-refractivity contribution in [2.75, 3.05) is 24.2 Å². The molecule has 1 aliphatic rings. The fourth-order valence-electron chi connectivity index (χ4n) is 4.71. The van der Waals surface area contributed by atoms with Crippen molar-refractivity contribution in [3.8, 4) is 11.1 Å². The third-order valence-corrected chi connectivity index (χ3v) is 6.89. The Hall–Kier alpha value is -3.81. The fraction of sp³-hybridized carbons (Fsp3) is 0.207. The van der Waals surface area contributed by atoms with Gasteiger partial charge in [0.05, 0.1) is 15.9 Å². The summed E-state index contributed by atoms with van der Waals surface area (Å²) in [6.45, 7) is 3.05. The first-order valence-electron chi connectivity index (χ1n) is 12.2. The van der Waals surface area contributed by atoms with Crippen molar-refractivity contribution in [3.05, 3.63) is 89.5 Å². The van der Waals surface area contributed by atoms with Gasteiger partial charge in [-0.1, -0.05) is 47.5 Å². The zero-order chi connectivity index (χ0) is 25.9. The molecule has 1 aromatic heterocycles. The molecule has 0 spiro atoms. The molecule has 37 heavy (non-hydrogen) atoms. The highest BCUT2D eigenvalue weighted by atomic mass is 35.5. The minimum absolute atomic E-state index is 0.00918. The van der Waals surface area contributed by atoms with Crippen LogP contribution in [0, 0.1) is 12.7 Å². The molecule has 1 atom stereocenters. The topological polar surface area (TPSA) is 70.2 Å². The standard InChI is InChI=1S/C29H27ClFN5O/c1-18-5-3-6-19(15-18)27-25(35-26(37)13-9-21-7-4-14-36(21)2)12-11-24-28(27)29(33-17-32-24)34-20-8-10-23(31)22(30)16-20/h3,5-6,8-13,15-17,21H,4,7,14H2,1-2H3,(H,35,37)(H,32,33,34)/b13-9+/t21-/m1/s1. The lowest BCUT2D eigenvalue weighted by atomic mass is 9.97. The van der Waals surface area contributed by atoms with Gasteiger partial charge < -0.3 is 10.6 Å². The number of hydrogen-bond acceptors (Lipinski definition) is 5. The second kappa shape index (κ2) is 10.7. The highest BCUT2D eigenvalue weighted by Gasteiger charge is 2.19. The van der Waals surface area contributed by atoms with Crippen LogP contribution in [0.5, 0.6) is 0 Å². The number of aromatic nitrogens is 2. The second-order valence-corrected chi connectivity index (χ2v) is 9.67. The van der Waals surface area contributed by atoms with Crippen LogP contribution in [-0.4, -0.2) is 40.4 Å². The number of benzene rings is 3. The smallest absolute Gasteiger partial charge is 0.248 e. The van der Waals surface area contributed by atoms with Gasteiger partial charge in [-0.15, -0.1) is 0 Å². The van der Waals surface area contributed by atoms with Crippen molar-refractivity contribution >= 4 is 45.6 Å². The van der Waals surface area contributed by atoms with E-state index in [0.29, 0.717) is 22.7 Å². The summed E-state index contributed by atoms with van der Waals surface area (Å²) >= 11 is 6.01. The number of nitrogens with one attached hydrogen (secondary N) is 2. The van der Waals surface area contributed by atoms with Gasteiger partial charge in [0.25, 0.3) is 0 Å². The second-order valence-electron chi connectivity index (χ2n) is 9.27. The van der Waals surface area contributed by atoms with Gasteiger partial charge in [0.1, 0.15) is 18.0 Å². The molecule has 3 aromatic carbocycles. The lowest BCUT2D eigenvalue weighted by molar-refractivity contribution is -0.111. The number of carbonyl (C=O) groups excluding carboxylic acids is 1. The van der Waals surface area contributed by atoms with Crippen LogP contribution in [0.4, 0.5) is 21.6 Å². The number of likely N-dealkylation sites (N-methyl/N-ethyl adjacent to an activating group) is 1. The number of amides is 1. The molecule has 0 bridgehead atoms. The monoisotopic (exact) mass is 515 g/mol. The van der Waals surface area contributed by atoms with Crippen molar-refractivity contribution in [1.29, 1.82) is 0 Å². The highest BCUT2D eigenvalue weighted by Crippen LogP contribution is 2.39. The maximum absolute atomic E-state index is 13.7. The van der Waals surface area contributed by atoms with E-state index < -0.39 is 5.82 Å². The minimum atomic E-state index is -0.498. The Balaban J connectivity index is 1.59. The Morgan fingerprint density at radius 1 is 1.16 bits per heavy atom. The molecular formula is C29H27ClFN5O. The summed E-state index contributed by atoms with van der Waals surface area (Å²) in [7, 11) is 2.07. The maximum atomic E-state index is 13.7. The summed E-state index contributed by atoms with van der Waals surface area (Å²) in [5, 5.41) is 7.06. The molecule has 1 amide bonds. The number of likely N-dealkylation sites (tertiary alicyclic amines) is 1. The number of carbonyl (C=O) groups is 1. The molecule has 0 radical (unpaired) electrons. The number of halogens is 2. The molecular weight excluding hydrogens is 489 g/mol. The molecule has 6 nitrogen and oxygen atoms in total. The van der Waals surface area contributed by atoms with Crippen molar-refractivity contribution in [1.82, 2.24) is 14.9 Å². The number of fused-ring (bicyclic) bond motifs is 1. The Labute approximate surface area is 220 Å². The van der Waals surface area contributed by atoms with Gasteiger partial charge in [0.15, 0.2) is 0 Å². The largest absolute Gasteiger partial charge is 0.340 e. The molecule has 4 aromatic rings. The van der Waals surface area contributed by atoms with E-state index >= 15 is 0 Å². The summed E-state index contributed by atoms with van der Waals surface area (Å²) in [5.74, 6) is -0.185. The van der Waals surface area contributed by atoms with E-state index in [4.69, 9.17) is 11.6 Å². The molecule has 2 heterocycles. The van der Waals surface area contributed by atoms with Crippen LogP contribution in [-0.2, 0) is 4.79 Å². The fourth-order valence-corrected chi connectivity index (χ4v) is 4.89. The van der Waals surface area contributed by atoms with Crippen LogP contribution in [0.15, 0.2) is 73.1 Å². The van der Waals surface area contributed by atoms with Crippen LogP contribution < -0.4 is 10.6 Å². The van der Waals surface area contributed by atoms with Crippen LogP contribution in [0.1, 0.15) is 18.4 Å². The number of nitrogens with zero attached hydrogens (tertiary/aromatic N) is 3. The lowest BCUT2D eigenvalue weighted by Gasteiger charge is -2.17. The lowest BCUT2D eigenvalue weighted by Crippen LogP contribution is -2.23. The molecule has 0 unspecified atom stereocenters. The number of rotatable bonds is 6. The molecule has 1 fully saturated rings. The number of hydrogen-bond donors (Lipinski definition) is 2. The third kappa shape index (κ3) is 5.48. The predicted molar refractivity (Wildman–Crippen MR) is 148 cm³/mol. The van der Waals surface area contributed by atoms with Gasteiger partial charge in [-0.3, -0.25) is 9.69 Å². The molecule has 2 N–H and O–H groups in total. The van der Waals surface area contributed by atoms with Crippen molar-refractivity contribution < 1.29 is 9.18 Å². The molecule has 188 valence electrons. The molecule has 8 heteroatoms. The van der Waals surface area contributed by atoms with Crippen molar-refractivity contribution in [2.45, 2.75) is 25.8 Å². The first-order valence-corrected chi connectivity index (χ1v) is 12.5. The average Bonchev–Trinajstić information content (AvgIpc) is 3.29. The summed E-state index contributed by atoms with van der Waals surface area (Å²) in [5.41, 5.74) is 4.70. The Morgan fingerprint density at radius 2 is 2.03 bits per heavy atom. The minimum Gasteiger partial charge on any atom is -0.340 e. The van der Waals surface area contributed by atoms with E-state index in [9.17, 15) is 9.18 Å². The number of aryl methyl sites for hydroxylation is 1. The normalized spacial score (nSPS) is 15.9. The van der Waals surface area contributed by atoms with E-state index in [2.05, 4.69) is 38.6 Å². The predicted octanol–water partition coefficient (Wildman–Crippen LogP) is 6.73. The van der Waals surface area contributed by atoms with Crippen LogP contribution in [0.25, 0.3) is 22.0 Å². The van der Waals surface area contributed by atoms with E-state index in [0.717, 1.165) is 41.5 Å². The average molecular weight is 516 g/mol. The van der Waals surface area contributed by atoms with E-state index in [-0.39, 0.29) is 17.0 Å². The SMILES string of the molecule is Cc1cccc(-c2c(NC(=O)/C=C/[C@H]3CCCN3C)ccc3ncnc(Nc4ccc(F)c(Cl)c4)c23)c1. The summed E-state index contributed by atoms with van der Waals surface area (Å²) in [6.07, 6.45) is 7.21. The van der Waals surface area contributed by atoms with Gasteiger partial charge in [0.2, 0.25) is 5.91 Å². The Kier molecular flexibility index (Phi) is 7.17. The summed E-state index contributed by atoms with van der Waals surface area (Å²) in [6, 6.07) is 16.4. The van der Waals surface area contributed by atoms with Crippen molar-refractivity contribution in [3.63, 3.8) is 0 Å². The van der Waals surface area contributed by atoms with Gasteiger partial charge in [-0.05, 0) is 69.3 Å². The Bertz CT molecular complexity index is 1510. The van der Waals surface area contributed by atoms with Gasteiger partial charge in [0, 0.05) is 29.1 Å². The molecule has 1 aliphatic heterocycles. The third-order valence-electron chi connectivity index (χ3n) is 6.60. The van der Waals surface area contributed by atoms with Crippen LogP contribution in [0.3, 0.4) is 0 Å². The zero-order valence-corrected chi connectivity index (χ0v) is 21.4. The van der Waals surface area contributed by atoms with Gasteiger partial charge >= 0.3 is 0 Å². The molecule has 0 aliphatic carbocycles. The van der Waals surface area contributed by atoms with E-state index in [1.807, 2.05) is 43.3 Å². The van der Waals surface area contributed by atoms with E-state index in [1.165, 1.54) is 18.5 Å². The molecule has 1 saturated heterocycles. The quantitative estimate of drug-likeness (QED) is 0.279. The zero-order valence-electron chi connectivity index (χ0n) is 20.6. The highest BCUT2D eigenvalue weighted by molar-refractivity contribution is 6.31. The van der Waals surface area contributed by atoms with Crippen molar-refractivity contribution in [2.24, 2.45) is 0 Å². The maximum Gasteiger partial charge on any atom is 0.248 e. The number of anilines is 3. The van der Waals surface area contributed by atoms with E-state index in [1.54, 1.807) is 12.1 Å². The van der Waals surface area contributed by atoms with Crippen LogP contribution >= 0.6 is 11.6 Å². The summed E-state index contributed by atoms with van der Waals surface area (Å²) in [4.78, 5) is 24.2.